The maximum Gasteiger partial charge on any atom is 0.412 e. The van der Waals surface area contributed by atoms with Crippen LogP contribution in [0.2, 0.25) is 0 Å². The number of non-ortho nitro benzene ring substituents is 1. The minimum Gasteiger partial charge on any atom is -0.444 e. The molecule has 2 amide bonds. The fraction of sp³-hybridized carbons (Fsp3) is 0.250. The smallest absolute Gasteiger partial charge is 0.412 e. The van der Waals surface area contributed by atoms with E-state index >= 15 is 0 Å². The highest BCUT2D eigenvalue weighted by Gasteiger charge is 2.35. The van der Waals surface area contributed by atoms with Crippen LogP contribution in [-0.4, -0.2) is 48.2 Å². The maximum absolute atomic E-state index is 13.3. The minimum atomic E-state index is -0.619. The van der Waals surface area contributed by atoms with Crippen LogP contribution in [0.1, 0.15) is 55.0 Å². The summed E-state index contributed by atoms with van der Waals surface area (Å²) in [6, 6.07) is 11.7. The van der Waals surface area contributed by atoms with E-state index in [0.29, 0.717) is 23.6 Å². The molecule has 1 atom stereocenters. The van der Waals surface area contributed by atoms with Gasteiger partial charge >= 0.3 is 6.09 Å². The number of ether oxygens (including phenoxy) is 1. The average Bonchev–Trinajstić information content (AvgIpc) is 3.29. The predicted octanol–water partition coefficient (Wildman–Crippen LogP) is 4.12. The van der Waals surface area contributed by atoms with E-state index in [0.717, 1.165) is 5.56 Å². The molecule has 1 N–H and O–H groups in total. The van der Waals surface area contributed by atoms with E-state index in [4.69, 9.17) is 4.74 Å². The van der Waals surface area contributed by atoms with Gasteiger partial charge in [-0.1, -0.05) is 12.1 Å². The van der Waals surface area contributed by atoms with Crippen molar-refractivity contribution in [2.24, 2.45) is 5.10 Å². The molecule has 1 aliphatic rings. The number of carbonyl (C=O) groups is 2. The van der Waals surface area contributed by atoms with Crippen molar-refractivity contribution in [3.05, 3.63) is 88.3 Å². The monoisotopic (exact) mass is 489 g/mol. The molecule has 0 aliphatic carbocycles. The molecular weight excluding hydrogens is 466 g/mol. The molecule has 1 aliphatic heterocycles. The predicted molar refractivity (Wildman–Crippen MR) is 129 cm³/mol. The van der Waals surface area contributed by atoms with Crippen molar-refractivity contribution in [2.45, 2.75) is 38.8 Å². The first-order chi connectivity index (χ1) is 17.1. The quantitative estimate of drug-likeness (QED) is 0.415. The van der Waals surface area contributed by atoms with Crippen molar-refractivity contribution >= 4 is 29.1 Å². The van der Waals surface area contributed by atoms with Gasteiger partial charge in [-0.25, -0.2) is 24.8 Å². The molecule has 12 nitrogen and oxygen atoms in total. The standard InChI is InChI=1S/C24H23N7O5/c1-24(2,3)36-23(33)28-17-8-4-15(5-9-17)19-12-20(21-26-13-25-14-27-21)30(29-19)22(32)16-6-10-18(11-7-16)31(34)35/h4-11,13-14,20H,12H2,1-3H3,(H,28,33). The van der Waals surface area contributed by atoms with Crippen molar-refractivity contribution < 1.29 is 19.2 Å². The maximum atomic E-state index is 13.3. The number of hydrazone groups is 1. The average molecular weight is 489 g/mol. The molecule has 0 saturated carbocycles. The third kappa shape index (κ3) is 5.66. The van der Waals surface area contributed by atoms with Crippen LogP contribution in [0.15, 0.2) is 66.3 Å². The largest absolute Gasteiger partial charge is 0.444 e. The highest BCUT2D eigenvalue weighted by Crippen LogP contribution is 2.32. The molecule has 3 aromatic rings. The summed E-state index contributed by atoms with van der Waals surface area (Å²) in [6.07, 6.45) is 2.45. The van der Waals surface area contributed by atoms with Crippen LogP contribution in [0.5, 0.6) is 0 Å². The summed E-state index contributed by atoms with van der Waals surface area (Å²) in [5, 5.41) is 19.4. The van der Waals surface area contributed by atoms with Crippen molar-refractivity contribution in [1.29, 1.82) is 0 Å². The summed E-state index contributed by atoms with van der Waals surface area (Å²) in [7, 11) is 0. The van der Waals surface area contributed by atoms with E-state index < -0.39 is 28.6 Å². The van der Waals surface area contributed by atoms with Gasteiger partial charge in [-0.05, 0) is 50.6 Å². The van der Waals surface area contributed by atoms with Crippen LogP contribution in [0.4, 0.5) is 16.2 Å². The van der Waals surface area contributed by atoms with Crippen molar-refractivity contribution in [3.8, 4) is 0 Å². The summed E-state index contributed by atoms with van der Waals surface area (Å²) >= 11 is 0. The van der Waals surface area contributed by atoms with Gasteiger partial charge in [0.25, 0.3) is 11.6 Å². The van der Waals surface area contributed by atoms with E-state index in [1.165, 1.54) is 41.9 Å². The summed E-state index contributed by atoms with van der Waals surface area (Å²) in [5.74, 6) is -0.0873. The van der Waals surface area contributed by atoms with Crippen LogP contribution in [0, 0.1) is 10.1 Å². The van der Waals surface area contributed by atoms with Gasteiger partial charge < -0.3 is 4.74 Å². The number of hydrogen-bond donors (Lipinski definition) is 1. The van der Waals surface area contributed by atoms with Gasteiger partial charge in [-0.2, -0.15) is 5.10 Å². The molecule has 2 heterocycles. The lowest BCUT2D eigenvalue weighted by molar-refractivity contribution is -0.384. The van der Waals surface area contributed by atoms with E-state index in [1.807, 2.05) is 0 Å². The molecule has 4 rings (SSSR count). The lowest BCUT2D eigenvalue weighted by Crippen LogP contribution is -2.28. The van der Waals surface area contributed by atoms with Crippen molar-refractivity contribution in [2.75, 3.05) is 5.32 Å². The lowest BCUT2D eigenvalue weighted by Gasteiger charge is -2.20. The summed E-state index contributed by atoms with van der Waals surface area (Å²) < 4.78 is 5.26. The van der Waals surface area contributed by atoms with E-state index in [9.17, 15) is 19.7 Å². The molecule has 0 spiro atoms. The molecule has 1 aromatic heterocycles. The van der Waals surface area contributed by atoms with Crippen molar-refractivity contribution in [3.63, 3.8) is 0 Å². The number of hydrogen-bond acceptors (Lipinski definition) is 9. The van der Waals surface area contributed by atoms with Crippen LogP contribution < -0.4 is 5.32 Å². The normalized spacial score (nSPS) is 15.2. The van der Waals surface area contributed by atoms with Gasteiger partial charge in [0.15, 0.2) is 5.82 Å². The summed E-state index contributed by atoms with van der Waals surface area (Å²) in [4.78, 5) is 47.9. The number of amides is 2. The Hall–Kier alpha value is -4.74. The molecule has 0 fully saturated rings. The second-order valence-corrected chi connectivity index (χ2v) is 8.92. The Labute approximate surface area is 206 Å². The Morgan fingerprint density at radius 2 is 1.69 bits per heavy atom. The number of benzene rings is 2. The van der Waals surface area contributed by atoms with Crippen LogP contribution in [0.25, 0.3) is 0 Å². The SMILES string of the molecule is CC(C)(C)OC(=O)Nc1ccc(C2=NN(C(=O)c3ccc([N+](=O)[O-])cc3)C(c3ncncn3)C2)cc1. The summed E-state index contributed by atoms with van der Waals surface area (Å²) in [5.41, 5.74) is 1.39. The van der Waals surface area contributed by atoms with E-state index in [1.54, 1.807) is 45.0 Å². The van der Waals surface area contributed by atoms with Gasteiger partial charge in [0.05, 0.1) is 10.6 Å². The van der Waals surface area contributed by atoms with Gasteiger partial charge in [-0.3, -0.25) is 20.2 Å². The minimum absolute atomic E-state index is 0.119. The highest BCUT2D eigenvalue weighted by molar-refractivity contribution is 6.05. The first-order valence-electron chi connectivity index (χ1n) is 11.0. The van der Waals surface area contributed by atoms with E-state index in [-0.39, 0.29) is 11.3 Å². The van der Waals surface area contributed by atoms with E-state index in [2.05, 4.69) is 25.4 Å². The van der Waals surface area contributed by atoms with Gasteiger partial charge in [0.2, 0.25) is 0 Å². The Kier molecular flexibility index (Phi) is 6.68. The van der Waals surface area contributed by atoms with Gasteiger partial charge in [0.1, 0.15) is 24.3 Å². The number of nitrogens with one attached hydrogen (secondary N) is 1. The number of carbonyl (C=O) groups excluding carboxylic acids is 2. The molecule has 0 saturated heterocycles. The first-order valence-corrected chi connectivity index (χ1v) is 11.0. The number of nitro groups is 1. The first kappa shape index (κ1) is 24.4. The zero-order chi connectivity index (χ0) is 25.9. The molecule has 2 aromatic carbocycles. The molecule has 12 heteroatoms. The molecular formula is C24H23N7O5. The molecule has 184 valence electrons. The second kappa shape index (κ2) is 9.86. The Morgan fingerprint density at radius 1 is 1.06 bits per heavy atom. The third-order valence-corrected chi connectivity index (χ3v) is 5.12. The van der Waals surface area contributed by atoms with Crippen LogP contribution in [-0.2, 0) is 4.74 Å². The second-order valence-electron chi connectivity index (χ2n) is 8.92. The topological polar surface area (TPSA) is 153 Å². The number of rotatable bonds is 5. The Balaban J connectivity index is 1.58. The molecule has 0 bridgehead atoms. The summed E-state index contributed by atoms with van der Waals surface area (Å²) in [6.45, 7) is 5.34. The molecule has 36 heavy (non-hydrogen) atoms. The fourth-order valence-corrected chi connectivity index (χ4v) is 3.52. The Morgan fingerprint density at radius 3 is 2.28 bits per heavy atom. The zero-order valence-corrected chi connectivity index (χ0v) is 19.8. The third-order valence-electron chi connectivity index (χ3n) is 5.12. The lowest BCUT2D eigenvalue weighted by atomic mass is 10.0. The number of nitro benzene ring substituents is 1. The number of nitrogens with zero attached hydrogens (tertiary/aromatic N) is 6. The Bertz CT molecular complexity index is 1300. The zero-order valence-electron chi connectivity index (χ0n) is 19.8. The van der Waals surface area contributed by atoms with Crippen molar-refractivity contribution in [1.82, 2.24) is 20.0 Å². The number of aromatic nitrogens is 3. The van der Waals surface area contributed by atoms with Gasteiger partial charge in [0, 0.05) is 29.8 Å². The van der Waals surface area contributed by atoms with Crippen LogP contribution >= 0.6 is 0 Å². The fourth-order valence-electron chi connectivity index (χ4n) is 3.52. The highest BCUT2D eigenvalue weighted by atomic mass is 16.6. The number of anilines is 1. The molecule has 1 unspecified atom stereocenters. The molecule has 0 radical (unpaired) electrons. The van der Waals surface area contributed by atoms with Gasteiger partial charge in [-0.15, -0.1) is 0 Å². The van der Waals surface area contributed by atoms with Crippen LogP contribution in [0.3, 0.4) is 0 Å².